The molecular weight excluding hydrogens is 493 g/mol. The lowest BCUT2D eigenvalue weighted by atomic mass is 10.2. The smallest absolute Gasteiger partial charge is 0.282 e. The number of ether oxygens (including phenoxy) is 1. The second-order valence-corrected chi connectivity index (χ2v) is 9.08. The Hall–Kier alpha value is -3.93. The number of para-hydroxylation sites is 1. The van der Waals surface area contributed by atoms with E-state index in [9.17, 15) is 4.79 Å². The molecule has 0 aliphatic heterocycles. The summed E-state index contributed by atoms with van der Waals surface area (Å²) >= 11 is 13.0. The Bertz CT molecular complexity index is 1610. The van der Waals surface area contributed by atoms with Crippen molar-refractivity contribution < 1.29 is 4.74 Å². The lowest BCUT2D eigenvalue weighted by Gasteiger charge is -2.12. The fourth-order valence-electron chi connectivity index (χ4n) is 3.76. The van der Waals surface area contributed by atoms with E-state index in [0.29, 0.717) is 44.7 Å². The summed E-state index contributed by atoms with van der Waals surface area (Å²) in [6, 6.07) is 28.1. The Morgan fingerprint density at radius 2 is 1.58 bits per heavy atom. The molecule has 178 valence electrons. The molecule has 0 fully saturated rings. The predicted octanol–water partition coefficient (Wildman–Crippen LogP) is 7.14. The van der Waals surface area contributed by atoms with Gasteiger partial charge in [0.05, 0.1) is 27.2 Å². The Kier molecular flexibility index (Phi) is 6.85. The van der Waals surface area contributed by atoms with E-state index in [1.54, 1.807) is 24.3 Å². The molecule has 0 spiro atoms. The highest BCUT2D eigenvalue weighted by Crippen LogP contribution is 2.34. The summed E-state index contributed by atoms with van der Waals surface area (Å²) in [5, 5.41) is 5.65. The van der Waals surface area contributed by atoms with Crippen molar-refractivity contribution in [2.75, 3.05) is 0 Å². The van der Waals surface area contributed by atoms with Crippen LogP contribution in [0.15, 0.2) is 101 Å². The predicted molar refractivity (Wildman–Crippen MR) is 146 cm³/mol. The van der Waals surface area contributed by atoms with E-state index in [0.717, 1.165) is 11.1 Å². The molecule has 0 aliphatic carbocycles. The molecule has 5 rings (SSSR count). The van der Waals surface area contributed by atoms with Gasteiger partial charge < -0.3 is 4.74 Å². The average Bonchev–Trinajstić information content (AvgIpc) is 2.89. The van der Waals surface area contributed by atoms with Crippen LogP contribution in [-0.4, -0.2) is 15.9 Å². The molecule has 0 atom stereocenters. The fourth-order valence-corrected chi connectivity index (χ4v) is 4.37. The van der Waals surface area contributed by atoms with E-state index in [2.05, 4.69) is 5.10 Å². The second kappa shape index (κ2) is 10.4. The van der Waals surface area contributed by atoms with Gasteiger partial charge in [-0.05, 0) is 42.3 Å². The molecule has 0 radical (unpaired) electrons. The Morgan fingerprint density at radius 1 is 0.917 bits per heavy atom. The molecule has 0 aliphatic rings. The standard InChI is InChI=1S/C29H21Cl2N3O2/c1-19-11-13-20(14-12-19)18-36-27-24(30)15-21(16-25(27)31)17-32-34-28(22-7-3-2-4-8-22)33-26-10-6-5-9-23(26)29(34)35/h2-17H,18H2,1H3. The van der Waals surface area contributed by atoms with Gasteiger partial charge in [0.2, 0.25) is 0 Å². The van der Waals surface area contributed by atoms with Crippen LogP contribution in [0.25, 0.3) is 22.3 Å². The summed E-state index contributed by atoms with van der Waals surface area (Å²) in [6.07, 6.45) is 1.53. The maximum absolute atomic E-state index is 13.3. The van der Waals surface area contributed by atoms with Crippen LogP contribution in [-0.2, 0) is 6.61 Å². The first-order chi connectivity index (χ1) is 17.5. The minimum atomic E-state index is -0.272. The van der Waals surface area contributed by atoms with Crippen molar-refractivity contribution in [3.8, 4) is 17.1 Å². The number of benzene rings is 4. The highest BCUT2D eigenvalue weighted by atomic mass is 35.5. The van der Waals surface area contributed by atoms with E-state index in [1.807, 2.05) is 73.7 Å². The molecule has 4 aromatic carbocycles. The number of hydrogen-bond acceptors (Lipinski definition) is 4. The van der Waals surface area contributed by atoms with Gasteiger partial charge in [0.15, 0.2) is 11.6 Å². The highest BCUT2D eigenvalue weighted by molar-refractivity contribution is 6.37. The monoisotopic (exact) mass is 513 g/mol. The summed E-state index contributed by atoms with van der Waals surface area (Å²) in [5.74, 6) is 0.830. The molecule has 5 aromatic rings. The Morgan fingerprint density at radius 3 is 2.31 bits per heavy atom. The van der Waals surface area contributed by atoms with Crippen LogP contribution >= 0.6 is 23.2 Å². The topological polar surface area (TPSA) is 56.5 Å². The van der Waals surface area contributed by atoms with Crippen LogP contribution in [0.5, 0.6) is 5.75 Å². The maximum Gasteiger partial charge on any atom is 0.282 e. The zero-order valence-corrected chi connectivity index (χ0v) is 20.9. The third-order valence-electron chi connectivity index (χ3n) is 5.63. The van der Waals surface area contributed by atoms with Gasteiger partial charge in [0, 0.05) is 5.56 Å². The first-order valence-corrected chi connectivity index (χ1v) is 12.0. The summed E-state index contributed by atoms with van der Waals surface area (Å²) in [5.41, 5.74) is 3.91. The average molecular weight is 514 g/mol. The molecule has 0 bridgehead atoms. The quantitative estimate of drug-likeness (QED) is 0.226. The molecule has 7 heteroatoms. The van der Waals surface area contributed by atoms with Gasteiger partial charge in [-0.1, -0.05) is 95.5 Å². The second-order valence-electron chi connectivity index (χ2n) is 8.27. The van der Waals surface area contributed by atoms with Crippen LogP contribution in [0.4, 0.5) is 0 Å². The lowest BCUT2D eigenvalue weighted by Crippen LogP contribution is -2.20. The van der Waals surface area contributed by atoms with Crippen LogP contribution in [0.3, 0.4) is 0 Å². The van der Waals surface area contributed by atoms with Gasteiger partial charge in [0.1, 0.15) is 6.61 Å². The van der Waals surface area contributed by atoms with Gasteiger partial charge in [-0.25, -0.2) is 4.98 Å². The van der Waals surface area contributed by atoms with Crippen LogP contribution < -0.4 is 10.3 Å². The molecule has 1 aromatic heterocycles. The normalized spacial score (nSPS) is 11.3. The molecule has 1 heterocycles. The van der Waals surface area contributed by atoms with Gasteiger partial charge in [-0.2, -0.15) is 9.78 Å². The lowest BCUT2D eigenvalue weighted by molar-refractivity contribution is 0.306. The van der Waals surface area contributed by atoms with Gasteiger partial charge >= 0.3 is 0 Å². The highest BCUT2D eigenvalue weighted by Gasteiger charge is 2.13. The number of aryl methyl sites for hydroxylation is 1. The summed E-state index contributed by atoms with van der Waals surface area (Å²) in [4.78, 5) is 18.0. The van der Waals surface area contributed by atoms with Crippen molar-refractivity contribution in [3.05, 3.63) is 128 Å². The zero-order valence-electron chi connectivity index (χ0n) is 19.4. The van der Waals surface area contributed by atoms with Crippen molar-refractivity contribution in [2.45, 2.75) is 13.5 Å². The van der Waals surface area contributed by atoms with Gasteiger partial charge in [0.25, 0.3) is 5.56 Å². The summed E-state index contributed by atoms with van der Waals surface area (Å²) in [6.45, 7) is 2.37. The summed E-state index contributed by atoms with van der Waals surface area (Å²) < 4.78 is 7.17. The van der Waals surface area contributed by atoms with Crippen molar-refractivity contribution in [3.63, 3.8) is 0 Å². The van der Waals surface area contributed by atoms with Crippen molar-refractivity contribution >= 4 is 40.3 Å². The maximum atomic E-state index is 13.3. The van der Waals surface area contributed by atoms with E-state index < -0.39 is 0 Å². The largest absolute Gasteiger partial charge is 0.486 e. The Labute approximate surface area is 218 Å². The molecule has 36 heavy (non-hydrogen) atoms. The van der Waals surface area contributed by atoms with E-state index in [4.69, 9.17) is 32.9 Å². The van der Waals surface area contributed by atoms with E-state index in [-0.39, 0.29) is 5.56 Å². The molecular formula is C29H21Cl2N3O2. The molecule has 5 nitrogen and oxygen atoms in total. The number of aromatic nitrogens is 2. The Balaban J connectivity index is 1.49. The van der Waals surface area contributed by atoms with E-state index >= 15 is 0 Å². The van der Waals surface area contributed by atoms with Crippen molar-refractivity contribution in [1.82, 2.24) is 9.66 Å². The fraction of sp³-hybridized carbons (Fsp3) is 0.0690. The molecule has 0 saturated carbocycles. The third-order valence-corrected chi connectivity index (χ3v) is 6.19. The number of nitrogens with zero attached hydrogens (tertiary/aromatic N) is 3. The first kappa shape index (κ1) is 23.8. The molecule has 0 amide bonds. The number of hydrogen-bond donors (Lipinski definition) is 0. The molecule has 0 saturated heterocycles. The number of rotatable bonds is 6. The van der Waals surface area contributed by atoms with Crippen LogP contribution in [0.1, 0.15) is 16.7 Å². The minimum Gasteiger partial charge on any atom is -0.486 e. The van der Waals surface area contributed by atoms with Gasteiger partial charge in [-0.3, -0.25) is 4.79 Å². The van der Waals surface area contributed by atoms with Crippen LogP contribution in [0.2, 0.25) is 10.0 Å². The SMILES string of the molecule is Cc1ccc(COc2c(Cl)cc(C=Nn3c(-c4ccccc4)nc4ccccc4c3=O)cc2Cl)cc1. The first-order valence-electron chi connectivity index (χ1n) is 11.3. The summed E-state index contributed by atoms with van der Waals surface area (Å²) in [7, 11) is 0. The minimum absolute atomic E-state index is 0.272. The molecule has 0 N–H and O–H groups in total. The van der Waals surface area contributed by atoms with E-state index in [1.165, 1.54) is 16.5 Å². The zero-order chi connectivity index (χ0) is 25.1. The van der Waals surface area contributed by atoms with Gasteiger partial charge in [-0.15, -0.1) is 0 Å². The third kappa shape index (κ3) is 5.03. The van der Waals surface area contributed by atoms with Crippen molar-refractivity contribution in [2.24, 2.45) is 5.10 Å². The molecule has 0 unspecified atom stereocenters. The van der Waals surface area contributed by atoms with Crippen LogP contribution in [0, 0.1) is 6.92 Å². The number of fused-ring (bicyclic) bond motifs is 1. The van der Waals surface area contributed by atoms with Crippen molar-refractivity contribution in [1.29, 1.82) is 0 Å². The number of halogens is 2.